The Morgan fingerprint density at radius 1 is 0.972 bits per heavy atom. The third-order valence-electron chi connectivity index (χ3n) is 5.98. The molecule has 0 N–H and O–H groups in total. The van der Waals surface area contributed by atoms with E-state index in [1.54, 1.807) is 36.5 Å². The number of rotatable bonds is 6. The van der Waals surface area contributed by atoms with E-state index in [-0.39, 0.29) is 19.1 Å². The molecular formula is C26H29NO6S3. The van der Waals surface area contributed by atoms with Gasteiger partial charge in [-0.1, -0.05) is 23.5 Å². The van der Waals surface area contributed by atoms with Crippen LogP contribution in [-0.2, 0) is 23.9 Å². The van der Waals surface area contributed by atoms with Gasteiger partial charge in [0.25, 0.3) is 0 Å². The Balaban J connectivity index is 1.98. The highest BCUT2D eigenvalue weighted by atomic mass is 32.2. The maximum atomic E-state index is 13.3. The van der Waals surface area contributed by atoms with Gasteiger partial charge in [-0.3, -0.25) is 4.79 Å². The van der Waals surface area contributed by atoms with Crippen molar-refractivity contribution in [3.63, 3.8) is 0 Å². The van der Waals surface area contributed by atoms with Crippen LogP contribution in [0.25, 0.3) is 5.57 Å². The number of hydrogen-bond donors (Lipinski definition) is 0. The van der Waals surface area contributed by atoms with Gasteiger partial charge in [-0.15, -0.1) is 11.8 Å². The van der Waals surface area contributed by atoms with Gasteiger partial charge in [0, 0.05) is 23.0 Å². The van der Waals surface area contributed by atoms with Crippen molar-refractivity contribution in [2.24, 2.45) is 0 Å². The molecule has 1 atom stereocenters. The summed E-state index contributed by atoms with van der Waals surface area (Å²) in [7, 11) is 0. The van der Waals surface area contributed by atoms with Crippen molar-refractivity contribution >= 4 is 64.4 Å². The number of anilines is 1. The summed E-state index contributed by atoms with van der Waals surface area (Å²) in [6, 6.07) is 5.65. The number of benzene rings is 1. The average molecular weight is 548 g/mol. The van der Waals surface area contributed by atoms with Crippen molar-refractivity contribution < 1.29 is 28.6 Å². The molecule has 1 spiro atoms. The molecule has 1 aromatic carbocycles. The predicted molar refractivity (Wildman–Crippen MR) is 147 cm³/mol. The lowest BCUT2D eigenvalue weighted by Gasteiger charge is -2.50. The molecule has 0 bridgehead atoms. The maximum Gasteiger partial charge on any atom is 0.345 e. The molecule has 3 heterocycles. The van der Waals surface area contributed by atoms with E-state index in [0.29, 0.717) is 22.8 Å². The first-order valence-corrected chi connectivity index (χ1v) is 14.3. The van der Waals surface area contributed by atoms with E-state index in [1.807, 2.05) is 39.0 Å². The van der Waals surface area contributed by atoms with Crippen molar-refractivity contribution in [2.45, 2.75) is 51.2 Å². The smallest absolute Gasteiger partial charge is 0.345 e. The molecule has 3 aliphatic heterocycles. The van der Waals surface area contributed by atoms with Crippen LogP contribution in [0.15, 0.2) is 44.4 Å². The minimum absolute atomic E-state index is 0.0937. The second kappa shape index (κ2) is 10.2. The summed E-state index contributed by atoms with van der Waals surface area (Å²) in [5, 5.41) is 3.56. The lowest BCUT2D eigenvalue weighted by atomic mass is 9.83. The molecule has 1 amide bonds. The number of amides is 1. The highest BCUT2D eigenvalue weighted by Gasteiger charge is 2.56. The molecule has 0 saturated carbocycles. The van der Waals surface area contributed by atoms with E-state index in [4.69, 9.17) is 14.2 Å². The highest BCUT2D eigenvalue weighted by Crippen LogP contribution is 2.68. The number of carbonyl (C=O) groups excluding carboxylic acids is 3. The third-order valence-corrected chi connectivity index (χ3v) is 10.3. The fourth-order valence-corrected chi connectivity index (χ4v) is 9.15. The second-order valence-electron chi connectivity index (χ2n) is 8.64. The monoisotopic (exact) mass is 547 g/mol. The third kappa shape index (κ3) is 4.26. The van der Waals surface area contributed by atoms with E-state index in [0.717, 1.165) is 21.7 Å². The number of hydrogen-bond acceptors (Lipinski definition) is 9. The van der Waals surface area contributed by atoms with Gasteiger partial charge in [-0.25, -0.2) is 9.59 Å². The summed E-state index contributed by atoms with van der Waals surface area (Å²) >= 11 is 4.09. The van der Waals surface area contributed by atoms with Crippen LogP contribution in [0.4, 0.5) is 5.69 Å². The number of ether oxygens (including phenoxy) is 3. The summed E-state index contributed by atoms with van der Waals surface area (Å²) in [5.41, 5.74) is 2.11. The first kappa shape index (κ1) is 26.8. The summed E-state index contributed by atoms with van der Waals surface area (Å²) in [5.74, 6) is -0.308. The van der Waals surface area contributed by atoms with Crippen molar-refractivity contribution in [3.8, 4) is 5.75 Å². The summed E-state index contributed by atoms with van der Waals surface area (Å²) in [6.45, 7) is 11.9. The lowest BCUT2D eigenvalue weighted by Crippen LogP contribution is -2.52. The van der Waals surface area contributed by atoms with E-state index >= 15 is 0 Å². The molecule has 3 aliphatic rings. The minimum atomic E-state index is -0.991. The van der Waals surface area contributed by atoms with E-state index in [9.17, 15) is 14.4 Å². The Morgan fingerprint density at radius 3 is 2.31 bits per heavy atom. The zero-order chi connectivity index (χ0) is 26.3. The normalized spacial score (nSPS) is 21.9. The van der Waals surface area contributed by atoms with Crippen LogP contribution in [0.1, 0.15) is 47.1 Å². The first-order chi connectivity index (χ1) is 17.1. The molecule has 0 fully saturated rings. The Morgan fingerprint density at radius 2 is 1.67 bits per heavy atom. The van der Waals surface area contributed by atoms with Gasteiger partial charge >= 0.3 is 11.9 Å². The Kier molecular flexibility index (Phi) is 7.60. The van der Waals surface area contributed by atoms with Crippen molar-refractivity contribution in [1.82, 2.24) is 0 Å². The quantitative estimate of drug-likeness (QED) is 0.416. The van der Waals surface area contributed by atoms with Crippen LogP contribution in [-0.4, -0.2) is 47.3 Å². The van der Waals surface area contributed by atoms with Crippen LogP contribution in [0.5, 0.6) is 5.75 Å². The number of carbonyl (C=O) groups is 3. The van der Waals surface area contributed by atoms with Crippen LogP contribution in [0, 0.1) is 0 Å². The molecule has 36 heavy (non-hydrogen) atoms. The molecule has 1 aromatic rings. The number of esters is 2. The second-order valence-corrected chi connectivity index (χ2v) is 12.1. The van der Waals surface area contributed by atoms with Gasteiger partial charge in [0.05, 0.1) is 36.6 Å². The largest absolute Gasteiger partial charge is 0.494 e. The van der Waals surface area contributed by atoms with Crippen molar-refractivity contribution in [3.05, 3.63) is 50.0 Å². The summed E-state index contributed by atoms with van der Waals surface area (Å²) in [6.07, 6.45) is 0. The van der Waals surface area contributed by atoms with Crippen LogP contribution >= 0.6 is 35.3 Å². The molecule has 4 rings (SSSR count). The van der Waals surface area contributed by atoms with Crippen LogP contribution in [0.3, 0.4) is 0 Å². The van der Waals surface area contributed by atoms with Gasteiger partial charge in [-0.2, -0.15) is 0 Å². The maximum absolute atomic E-state index is 13.3. The number of fused-ring (bicyclic) bond motifs is 3. The fraction of sp³-hybridized carbons (Fsp3) is 0.423. The molecule has 0 radical (unpaired) electrons. The molecule has 0 aliphatic carbocycles. The van der Waals surface area contributed by atoms with Gasteiger partial charge in [0.1, 0.15) is 14.7 Å². The summed E-state index contributed by atoms with van der Waals surface area (Å²) in [4.78, 5) is 42.1. The number of thioether (sulfide) groups is 3. The fourth-order valence-electron chi connectivity index (χ4n) is 4.67. The summed E-state index contributed by atoms with van der Waals surface area (Å²) < 4.78 is 15.6. The number of nitrogens with zero attached hydrogens (tertiary/aromatic N) is 1. The van der Waals surface area contributed by atoms with E-state index in [2.05, 4.69) is 0 Å². The van der Waals surface area contributed by atoms with Gasteiger partial charge in [-0.05, 0) is 63.6 Å². The van der Waals surface area contributed by atoms with Gasteiger partial charge in [0.15, 0.2) is 0 Å². The lowest BCUT2D eigenvalue weighted by molar-refractivity contribution is -0.139. The molecular weight excluding hydrogens is 518 g/mol. The molecule has 7 nitrogen and oxygen atoms in total. The predicted octanol–water partition coefficient (Wildman–Crippen LogP) is 5.72. The molecule has 10 heteroatoms. The first-order valence-electron chi connectivity index (χ1n) is 11.7. The van der Waals surface area contributed by atoms with Gasteiger partial charge in [0.2, 0.25) is 5.91 Å². The molecule has 192 valence electrons. The van der Waals surface area contributed by atoms with Crippen molar-refractivity contribution in [1.29, 1.82) is 0 Å². The zero-order valence-electron chi connectivity index (χ0n) is 21.1. The molecule has 0 saturated heterocycles. The zero-order valence-corrected chi connectivity index (χ0v) is 23.6. The average Bonchev–Trinajstić information content (AvgIpc) is 3.24. The van der Waals surface area contributed by atoms with Gasteiger partial charge < -0.3 is 19.1 Å². The standard InChI is InChI=1S/C26H29NO6S3/c1-7-31-16-10-11-19-17(12-16)21-22(25(5,6)27(19)15(4)28)34-13-18(23(29)32-8-2)26(21)35-14-20(36-26)24(30)33-9-3/h10-14H,7-9H2,1-6H3/t26-/m1/s1. The Bertz CT molecular complexity index is 1220. The van der Waals surface area contributed by atoms with E-state index < -0.39 is 21.6 Å². The highest BCUT2D eigenvalue weighted by molar-refractivity contribution is 8.25. The van der Waals surface area contributed by atoms with Crippen LogP contribution in [0.2, 0.25) is 0 Å². The SMILES string of the molecule is CCOC(=O)C1=CS[C@@]2(S1)C(C(=O)OCC)=CSC1=C2c2cc(OCC)ccc2N(C(C)=O)C1(C)C. The topological polar surface area (TPSA) is 82.1 Å². The Hall–Kier alpha value is -2.30. The Labute approximate surface area is 224 Å². The minimum Gasteiger partial charge on any atom is -0.494 e. The molecule has 0 aromatic heterocycles. The van der Waals surface area contributed by atoms with E-state index in [1.165, 1.54) is 35.3 Å². The molecule has 0 unspecified atom stereocenters. The van der Waals surface area contributed by atoms with Crippen LogP contribution < -0.4 is 9.64 Å². The van der Waals surface area contributed by atoms with Crippen molar-refractivity contribution in [2.75, 3.05) is 24.7 Å².